The molecule has 4 aromatic rings. The van der Waals surface area contributed by atoms with E-state index in [0.29, 0.717) is 57.9 Å². The summed E-state index contributed by atoms with van der Waals surface area (Å²) in [6.45, 7) is 7.97. The van der Waals surface area contributed by atoms with Crippen molar-refractivity contribution in [3.63, 3.8) is 0 Å². The molecule has 0 unspecified atom stereocenters. The summed E-state index contributed by atoms with van der Waals surface area (Å²) in [6.07, 6.45) is 7.63. The van der Waals surface area contributed by atoms with Crippen LogP contribution in [0.5, 0.6) is 5.75 Å². The number of nitrogens with zero attached hydrogens (tertiary/aromatic N) is 5. The maximum absolute atomic E-state index is 13.4. The zero-order valence-electron chi connectivity index (χ0n) is 24.9. The van der Waals surface area contributed by atoms with Gasteiger partial charge in [0.1, 0.15) is 23.7 Å². The molecule has 1 aliphatic rings. The number of carbonyl (C=O) groups excluding carboxylic acids is 1. The third-order valence-corrected chi connectivity index (χ3v) is 10.2. The van der Waals surface area contributed by atoms with E-state index in [9.17, 15) is 4.79 Å². The molecule has 1 amide bonds. The molecule has 0 aliphatic heterocycles. The summed E-state index contributed by atoms with van der Waals surface area (Å²) in [6, 6.07) is 9.05. The Morgan fingerprint density at radius 1 is 1.17 bits per heavy atom. The van der Waals surface area contributed by atoms with E-state index in [1.54, 1.807) is 25.3 Å². The van der Waals surface area contributed by atoms with Crippen LogP contribution in [-0.2, 0) is 11.5 Å². The highest BCUT2D eigenvalue weighted by atomic mass is 35.5. The Balaban J connectivity index is 1.50. The van der Waals surface area contributed by atoms with E-state index < -0.39 is 14.0 Å². The first-order chi connectivity index (χ1) is 20.0. The molecule has 1 aliphatic carbocycles. The van der Waals surface area contributed by atoms with E-state index in [1.807, 2.05) is 16.8 Å². The number of hydrogen-bond donors (Lipinski definition) is 1. The standard InChI is InChI=1S/C30H38Cl2N6O3Si/c1-36(2)20-12-21(13-20)38-17-19(15-34-38)26-14-22-28(40-3)23(30(39)35-27-24(31)8-7-9-25(27)32)16-33-29(22)37(26)18-41-10-11-42(4,5)6/h7-9,14-17,20-21H,10-13,18H2,1-6H3,(H,35,39). The monoisotopic (exact) mass is 628 g/mol. The van der Waals surface area contributed by atoms with Crippen LogP contribution in [0.2, 0.25) is 35.7 Å². The van der Waals surface area contributed by atoms with Crippen LogP contribution >= 0.6 is 23.2 Å². The lowest BCUT2D eigenvalue weighted by atomic mass is 9.86. The van der Waals surface area contributed by atoms with Crippen molar-refractivity contribution in [1.29, 1.82) is 0 Å². The van der Waals surface area contributed by atoms with E-state index in [0.717, 1.165) is 30.1 Å². The molecule has 3 aromatic heterocycles. The molecule has 12 heteroatoms. The van der Waals surface area contributed by atoms with E-state index in [2.05, 4.69) is 54.8 Å². The molecule has 9 nitrogen and oxygen atoms in total. The van der Waals surface area contributed by atoms with Gasteiger partial charge in [-0.15, -0.1) is 0 Å². The van der Waals surface area contributed by atoms with Crippen molar-refractivity contribution >= 4 is 53.9 Å². The van der Waals surface area contributed by atoms with Crippen molar-refractivity contribution in [3.8, 4) is 17.0 Å². The minimum absolute atomic E-state index is 0.268. The van der Waals surface area contributed by atoms with Gasteiger partial charge in [-0.1, -0.05) is 48.9 Å². The average molecular weight is 630 g/mol. The Kier molecular flexibility index (Phi) is 9.01. The predicted octanol–water partition coefficient (Wildman–Crippen LogP) is 7.04. The van der Waals surface area contributed by atoms with Gasteiger partial charge in [-0.2, -0.15) is 5.10 Å². The molecule has 1 fully saturated rings. The number of hydrogen-bond acceptors (Lipinski definition) is 6. The van der Waals surface area contributed by atoms with E-state index in [4.69, 9.17) is 42.8 Å². The van der Waals surface area contributed by atoms with E-state index in [1.165, 1.54) is 6.20 Å². The van der Waals surface area contributed by atoms with Gasteiger partial charge in [0.15, 0.2) is 0 Å². The van der Waals surface area contributed by atoms with Crippen LogP contribution in [-0.4, -0.2) is 72.1 Å². The molecule has 0 atom stereocenters. The SMILES string of the molecule is COc1c(C(=O)Nc2c(Cl)cccc2Cl)cnc2c1cc(-c1cnn(C3CC(N(C)C)C3)c1)n2COCC[Si](C)(C)C. The molecule has 0 radical (unpaired) electrons. The number of amides is 1. The van der Waals surface area contributed by atoms with Crippen LogP contribution in [0.4, 0.5) is 5.69 Å². The smallest absolute Gasteiger partial charge is 0.261 e. The first kappa shape index (κ1) is 30.6. The fraction of sp³-hybridized carbons (Fsp3) is 0.433. The van der Waals surface area contributed by atoms with Gasteiger partial charge < -0.3 is 24.3 Å². The number of nitrogens with one attached hydrogen (secondary N) is 1. The van der Waals surface area contributed by atoms with Crippen LogP contribution in [0.25, 0.3) is 22.3 Å². The quantitative estimate of drug-likeness (QED) is 0.141. The van der Waals surface area contributed by atoms with Crippen LogP contribution in [0, 0.1) is 0 Å². The lowest BCUT2D eigenvalue weighted by Crippen LogP contribution is -2.41. The second kappa shape index (κ2) is 12.4. The maximum atomic E-state index is 13.4. The van der Waals surface area contributed by atoms with Gasteiger partial charge in [-0.3, -0.25) is 9.48 Å². The Bertz CT molecular complexity index is 1570. The summed E-state index contributed by atoms with van der Waals surface area (Å²) in [5.41, 5.74) is 3.11. The van der Waals surface area contributed by atoms with Crippen LogP contribution in [0.15, 0.2) is 42.9 Å². The zero-order chi connectivity index (χ0) is 30.2. The molecule has 0 bridgehead atoms. The number of anilines is 1. The lowest BCUT2D eigenvalue weighted by molar-refractivity contribution is 0.0909. The van der Waals surface area contributed by atoms with Crippen LogP contribution in [0.1, 0.15) is 29.2 Å². The summed E-state index contributed by atoms with van der Waals surface area (Å²) in [4.78, 5) is 20.4. The first-order valence-electron chi connectivity index (χ1n) is 14.1. The zero-order valence-corrected chi connectivity index (χ0v) is 27.5. The Morgan fingerprint density at radius 2 is 1.88 bits per heavy atom. The van der Waals surface area contributed by atoms with Crippen molar-refractivity contribution in [1.82, 2.24) is 24.2 Å². The highest BCUT2D eigenvalue weighted by molar-refractivity contribution is 6.76. The summed E-state index contributed by atoms with van der Waals surface area (Å²) in [7, 11) is 4.53. The van der Waals surface area contributed by atoms with Gasteiger partial charge in [-0.25, -0.2) is 4.98 Å². The van der Waals surface area contributed by atoms with Gasteiger partial charge in [-0.05, 0) is 51.2 Å². The van der Waals surface area contributed by atoms with Crippen molar-refractivity contribution < 1.29 is 14.3 Å². The highest BCUT2D eigenvalue weighted by Crippen LogP contribution is 2.38. The fourth-order valence-corrected chi connectivity index (χ4v) is 6.37. The minimum Gasteiger partial charge on any atom is -0.495 e. The second-order valence-corrected chi connectivity index (χ2v) is 18.7. The van der Waals surface area contributed by atoms with Crippen molar-refractivity contribution in [2.45, 2.75) is 57.3 Å². The van der Waals surface area contributed by atoms with Gasteiger partial charge >= 0.3 is 0 Å². The number of pyridine rings is 1. The molecule has 5 rings (SSSR count). The lowest BCUT2D eigenvalue weighted by Gasteiger charge is -2.39. The van der Waals surface area contributed by atoms with Crippen LogP contribution in [0.3, 0.4) is 0 Å². The number of benzene rings is 1. The molecule has 0 spiro atoms. The number of halogens is 2. The number of aromatic nitrogens is 4. The fourth-order valence-electron chi connectivity index (χ4n) is 5.12. The van der Waals surface area contributed by atoms with Gasteiger partial charge in [0.2, 0.25) is 0 Å². The van der Waals surface area contributed by atoms with Crippen molar-refractivity contribution in [2.75, 3.05) is 33.1 Å². The Morgan fingerprint density at radius 3 is 2.52 bits per heavy atom. The number of carbonyl (C=O) groups is 1. The Hall–Kier alpha value is -2.89. The minimum atomic E-state index is -1.26. The predicted molar refractivity (Wildman–Crippen MR) is 172 cm³/mol. The molecular formula is C30H38Cl2N6O3Si. The number of ether oxygens (including phenoxy) is 2. The first-order valence-corrected chi connectivity index (χ1v) is 18.5. The summed E-state index contributed by atoms with van der Waals surface area (Å²) >= 11 is 12.6. The second-order valence-electron chi connectivity index (χ2n) is 12.3. The third-order valence-electron chi connectivity index (χ3n) is 7.83. The molecule has 42 heavy (non-hydrogen) atoms. The van der Waals surface area contributed by atoms with E-state index >= 15 is 0 Å². The maximum Gasteiger partial charge on any atom is 0.261 e. The normalized spacial score (nSPS) is 17.1. The van der Waals surface area contributed by atoms with Crippen LogP contribution < -0.4 is 10.1 Å². The molecule has 1 aromatic carbocycles. The highest BCUT2D eigenvalue weighted by Gasteiger charge is 2.32. The molecular weight excluding hydrogens is 591 g/mol. The number of methoxy groups -OCH3 is 1. The number of fused-ring (bicyclic) bond motifs is 1. The van der Waals surface area contributed by atoms with Gasteiger partial charge in [0, 0.05) is 38.7 Å². The molecule has 0 saturated heterocycles. The largest absolute Gasteiger partial charge is 0.495 e. The molecule has 1 N–H and O–H groups in total. The number of rotatable bonds is 11. The van der Waals surface area contributed by atoms with E-state index in [-0.39, 0.29) is 5.56 Å². The van der Waals surface area contributed by atoms with Crippen molar-refractivity contribution in [3.05, 3.63) is 58.5 Å². The average Bonchev–Trinajstić information content (AvgIpc) is 3.51. The summed E-state index contributed by atoms with van der Waals surface area (Å²) in [5, 5.41) is 8.90. The molecule has 3 heterocycles. The van der Waals surface area contributed by atoms with Gasteiger partial charge in [0.05, 0.1) is 46.2 Å². The number of para-hydroxylation sites is 1. The third kappa shape index (κ3) is 6.38. The molecule has 224 valence electrons. The summed E-state index contributed by atoms with van der Waals surface area (Å²) < 4.78 is 16.1. The summed E-state index contributed by atoms with van der Waals surface area (Å²) in [5.74, 6) is -0.0202. The topological polar surface area (TPSA) is 86.4 Å². The van der Waals surface area contributed by atoms with Gasteiger partial charge in [0.25, 0.3) is 5.91 Å². The molecule has 1 saturated carbocycles. The Labute approximate surface area is 257 Å². The van der Waals surface area contributed by atoms with Crippen molar-refractivity contribution in [2.24, 2.45) is 0 Å².